The minimum absolute atomic E-state index is 0.0876. The lowest BCUT2D eigenvalue weighted by molar-refractivity contribution is -0.122. The average molecular weight is 218 g/mol. The lowest BCUT2D eigenvalue weighted by Crippen LogP contribution is -2.29. The highest BCUT2D eigenvalue weighted by atomic mass is 16.5. The van der Waals surface area contributed by atoms with Crippen molar-refractivity contribution in [3.63, 3.8) is 0 Å². The number of methoxy groups -OCH3 is 1. The number of benzene rings is 1. The molecule has 0 fully saturated rings. The first kappa shape index (κ1) is 10.7. The third-order valence-electron chi connectivity index (χ3n) is 2.79. The zero-order valence-electron chi connectivity index (χ0n) is 9.40. The van der Waals surface area contributed by atoms with E-state index in [1.54, 1.807) is 7.11 Å². The van der Waals surface area contributed by atoms with E-state index in [0.717, 1.165) is 11.3 Å². The Kier molecular flexibility index (Phi) is 2.69. The summed E-state index contributed by atoms with van der Waals surface area (Å²) in [6.45, 7) is 1.91. The predicted molar refractivity (Wildman–Crippen MR) is 60.2 cm³/mol. The van der Waals surface area contributed by atoms with Crippen LogP contribution in [0.25, 0.3) is 0 Å². The van der Waals surface area contributed by atoms with Gasteiger partial charge >= 0.3 is 0 Å². The Balaban J connectivity index is 2.28. The van der Waals surface area contributed by atoms with Crippen LogP contribution in [0.5, 0.6) is 5.75 Å². The molecule has 0 saturated carbocycles. The van der Waals surface area contributed by atoms with Crippen LogP contribution in [0.2, 0.25) is 0 Å². The molecule has 1 aliphatic heterocycles. The maximum atomic E-state index is 11.4. The molecule has 1 heterocycles. The van der Waals surface area contributed by atoms with Gasteiger partial charge in [-0.25, -0.2) is 0 Å². The van der Waals surface area contributed by atoms with E-state index in [-0.39, 0.29) is 5.78 Å². The molecule has 1 atom stereocenters. The Morgan fingerprint density at radius 2 is 2.00 bits per heavy atom. The van der Waals surface area contributed by atoms with Crippen molar-refractivity contribution in [1.29, 1.82) is 0 Å². The fourth-order valence-electron chi connectivity index (χ4n) is 1.81. The van der Waals surface area contributed by atoms with Crippen molar-refractivity contribution in [2.24, 2.45) is 0 Å². The lowest BCUT2D eigenvalue weighted by Gasteiger charge is -2.31. The molecule has 84 valence electrons. The smallest absolute Gasteiger partial charge is 0.163 e. The molecule has 0 aliphatic carbocycles. The Bertz CT molecular complexity index is 419. The van der Waals surface area contributed by atoms with Crippen LogP contribution in [-0.4, -0.2) is 12.9 Å². The highest BCUT2D eigenvalue weighted by Gasteiger charge is 2.32. The largest absolute Gasteiger partial charge is 0.497 e. The molecule has 0 aromatic heterocycles. The molecule has 2 rings (SSSR count). The van der Waals surface area contributed by atoms with E-state index < -0.39 is 5.60 Å². The standard InChI is InChI=1S/C13H14O3/c1-13(9-11(14)7-8-16-13)10-3-5-12(15-2)6-4-10/h3-8H,9H2,1-2H3. The minimum atomic E-state index is -0.557. The van der Waals surface area contributed by atoms with Crippen molar-refractivity contribution in [2.45, 2.75) is 18.9 Å². The van der Waals surface area contributed by atoms with Crippen LogP contribution < -0.4 is 4.74 Å². The van der Waals surface area contributed by atoms with Crippen molar-refractivity contribution < 1.29 is 14.3 Å². The monoisotopic (exact) mass is 218 g/mol. The molecule has 1 aromatic rings. The molecule has 1 aliphatic rings. The maximum absolute atomic E-state index is 11.4. The van der Waals surface area contributed by atoms with E-state index in [2.05, 4.69) is 0 Å². The van der Waals surface area contributed by atoms with Gasteiger partial charge in [-0.2, -0.15) is 0 Å². The van der Waals surface area contributed by atoms with E-state index in [1.165, 1.54) is 12.3 Å². The van der Waals surface area contributed by atoms with Crippen LogP contribution in [0, 0.1) is 0 Å². The third kappa shape index (κ3) is 1.94. The van der Waals surface area contributed by atoms with Crippen molar-refractivity contribution in [1.82, 2.24) is 0 Å². The number of allylic oxidation sites excluding steroid dienone is 1. The van der Waals surface area contributed by atoms with Gasteiger partial charge in [-0.05, 0) is 24.6 Å². The number of carbonyl (C=O) groups excluding carboxylic acids is 1. The number of carbonyl (C=O) groups is 1. The molecule has 0 spiro atoms. The maximum Gasteiger partial charge on any atom is 0.163 e. The van der Waals surface area contributed by atoms with Crippen LogP contribution in [-0.2, 0) is 15.1 Å². The van der Waals surface area contributed by atoms with Crippen LogP contribution in [0.1, 0.15) is 18.9 Å². The van der Waals surface area contributed by atoms with Crippen LogP contribution in [0.15, 0.2) is 36.6 Å². The van der Waals surface area contributed by atoms with Gasteiger partial charge in [-0.15, -0.1) is 0 Å². The molecule has 3 heteroatoms. The number of ketones is 1. The van der Waals surface area contributed by atoms with Crippen LogP contribution in [0.4, 0.5) is 0 Å². The summed E-state index contributed by atoms with van der Waals surface area (Å²) in [4.78, 5) is 11.4. The first-order valence-electron chi connectivity index (χ1n) is 5.16. The topological polar surface area (TPSA) is 35.5 Å². The van der Waals surface area contributed by atoms with Gasteiger partial charge in [-0.3, -0.25) is 4.79 Å². The SMILES string of the molecule is COc1ccc(C2(C)CC(=O)C=CO2)cc1. The predicted octanol–water partition coefficient (Wildman–Crippen LogP) is 2.41. The fraction of sp³-hybridized carbons (Fsp3) is 0.308. The summed E-state index contributed by atoms with van der Waals surface area (Å²) in [5, 5.41) is 0. The normalized spacial score (nSPS) is 24.0. The average Bonchev–Trinajstić information content (AvgIpc) is 2.29. The van der Waals surface area contributed by atoms with Crippen molar-refractivity contribution in [3.8, 4) is 5.75 Å². The quantitative estimate of drug-likeness (QED) is 0.764. The molecule has 3 nitrogen and oxygen atoms in total. The Morgan fingerprint density at radius 3 is 2.56 bits per heavy atom. The highest BCUT2D eigenvalue weighted by Crippen LogP contribution is 2.33. The van der Waals surface area contributed by atoms with E-state index in [0.29, 0.717) is 6.42 Å². The molecule has 0 amide bonds. The zero-order chi connectivity index (χ0) is 11.6. The van der Waals surface area contributed by atoms with E-state index >= 15 is 0 Å². The molecule has 16 heavy (non-hydrogen) atoms. The van der Waals surface area contributed by atoms with Gasteiger partial charge in [0.15, 0.2) is 5.78 Å². The Labute approximate surface area is 94.7 Å². The van der Waals surface area contributed by atoms with E-state index in [1.807, 2.05) is 31.2 Å². The molecule has 1 aromatic carbocycles. The minimum Gasteiger partial charge on any atom is -0.497 e. The van der Waals surface area contributed by atoms with Crippen LogP contribution >= 0.6 is 0 Å². The van der Waals surface area contributed by atoms with Gasteiger partial charge in [0, 0.05) is 6.08 Å². The zero-order valence-corrected chi connectivity index (χ0v) is 9.40. The van der Waals surface area contributed by atoms with Crippen molar-refractivity contribution >= 4 is 5.78 Å². The molecular weight excluding hydrogens is 204 g/mol. The highest BCUT2D eigenvalue weighted by molar-refractivity contribution is 5.91. The summed E-state index contributed by atoms with van der Waals surface area (Å²) >= 11 is 0. The van der Waals surface area contributed by atoms with Gasteiger partial charge in [-0.1, -0.05) is 12.1 Å². The van der Waals surface area contributed by atoms with Gasteiger partial charge in [0.05, 0.1) is 19.8 Å². The first-order chi connectivity index (χ1) is 7.64. The Morgan fingerprint density at radius 1 is 1.31 bits per heavy atom. The second-order valence-electron chi connectivity index (χ2n) is 4.02. The van der Waals surface area contributed by atoms with Crippen LogP contribution in [0.3, 0.4) is 0 Å². The molecule has 0 bridgehead atoms. The first-order valence-corrected chi connectivity index (χ1v) is 5.16. The summed E-state index contributed by atoms with van der Waals surface area (Å²) in [7, 11) is 1.63. The van der Waals surface area contributed by atoms with E-state index in [4.69, 9.17) is 9.47 Å². The number of hydrogen-bond donors (Lipinski definition) is 0. The van der Waals surface area contributed by atoms with Crippen molar-refractivity contribution in [3.05, 3.63) is 42.2 Å². The number of rotatable bonds is 2. The van der Waals surface area contributed by atoms with Gasteiger partial charge in [0.1, 0.15) is 11.4 Å². The fourth-order valence-corrected chi connectivity index (χ4v) is 1.81. The summed E-state index contributed by atoms with van der Waals surface area (Å²) in [6.07, 6.45) is 3.30. The van der Waals surface area contributed by atoms with Gasteiger partial charge < -0.3 is 9.47 Å². The number of ether oxygens (including phenoxy) is 2. The molecular formula is C13H14O3. The summed E-state index contributed by atoms with van der Waals surface area (Å²) < 4.78 is 10.6. The van der Waals surface area contributed by atoms with Gasteiger partial charge in [0.25, 0.3) is 0 Å². The number of hydrogen-bond acceptors (Lipinski definition) is 3. The second kappa shape index (κ2) is 4.00. The Hall–Kier alpha value is -1.77. The second-order valence-corrected chi connectivity index (χ2v) is 4.02. The van der Waals surface area contributed by atoms with E-state index in [9.17, 15) is 4.79 Å². The summed E-state index contributed by atoms with van der Waals surface area (Å²) in [5.74, 6) is 0.884. The molecule has 0 N–H and O–H groups in total. The van der Waals surface area contributed by atoms with Gasteiger partial charge in [0.2, 0.25) is 0 Å². The third-order valence-corrected chi connectivity index (χ3v) is 2.79. The molecule has 0 saturated heterocycles. The summed E-state index contributed by atoms with van der Waals surface area (Å²) in [5.41, 5.74) is 0.420. The summed E-state index contributed by atoms with van der Waals surface area (Å²) in [6, 6.07) is 7.58. The lowest BCUT2D eigenvalue weighted by atomic mass is 9.89. The van der Waals surface area contributed by atoms with Crippen molar-refractivity contribution in [2.75, 3.05) is 7.11 Å². The molecule has 0 radical (unpaired) electrons. The molecule has 1 unspecified atom stereocenters.